The largest absolute Gasteiger partial charge is 0.387 e. The van der Waals surface area contributed by atoms with Crippen LogP contribution in [0.3, 0.4) is 0 Å². The molecule has 0 unspecified atom stereocenters. The first-order valence-electron chi connectivity index (χ1n) is 3.09. The van der Waals surface area contributed by atoms with Gasteiger partial charge < -0.3 is 5.73 Å². The molecule has 0 amide bonds. The van der Waals surface area contributed by atoms with E-state index in [0.717, 1.165) is 5.70 Å². The minimum absolute atomic E-state index is 0.563. The molecule has 0 fully saturated rings. The number of nitrogens with two attached hydrogens (primary N) is 1. The average Bonchev–Trinajstić information content (AvgIpc) is 1.68. The van der Waals surface area contributed by atoms with E-state index in [0.29, 0.717) is 5.84 Å². The van der Waals surface area contributed by atoms with E-state index in [1.807, 2.05) is 13.8 Å². The summed E-state index contributed by atoms with van der Waals surface area (Å²) < 4.78 is 0. The molecule has 0 atom stereocenters. The SMILES string of the molecule is C=C(C)N=C(C)N.CC. The van der Waals surface area contributed by atoms with Crippen LogP contribution in [0.4, 0.5) is 0 Å². The number of amidine groups is 1. The second-order valence-electron chi connectivity index (χ2n) is 1.49. The highest BCUT2D eigenvalue weighted by Crippen LogP contribution is 1.85. The van der Waals surface area contributed by atoms with E-state index in [2.05, 4.69) is 11.6 Å². The van der Waals surface area contributed by atoms with Crippen molar-refractivity contribution in [2.75, 3.05) is 0 Å². The average molecular weight is 128 g/mol. The van der Waals surface area contributed by atoms with E-state index in [1.165, 1.54) is 0 Å². The molecule has 9 heavy (non-hydrogen) atoms. The van der Waals surface area contributed by atoms with Gasteiger partial charge in [-0.25, -0.2) is 4.99 Å². The third-order valence-corrected chi connectivity index (χ3v) is 0.367. The summed E-state index contributed by atoms with van der Waals surface area (Å²) in [5.74, 6) is 0.563. The van der Waals surface area contributed by atoms with Gasteiger partial charge in [0.2, 0.25) is 0 Å². The molecule has 2 nitrogen and oxygen atoms in total. The van der Waals surface area contributed by atoms with Crippen molar-refractivity contribution < 1.29 is 0 Å². The van der Waals surface area contributed by atoms with Gasteiger partial charge in [0.05, 0.1) is 5.84 Å². The van der Waals surface area contributed by atoms with E-state index in [4.69, 9.17) is 5.73 Å². The van der Waals surface area contributed by atoms with E-state index in [9.17, 15) is 0 Å². The molecule has 0 aliphatic carbocycles. The monoisotopic (exact) mass is 128 g/mol. The molecule has 0 radical (unpaired) electrons. The van der Waals surface area contributed by atoms with Gasteiger partial charge >= 0.3 is 0 Å². The molecule has 0 heterocycles. The summed E-state index contributed by atoms with van der Waals surface area (Å²) in [6.07, 6.45) is 0. The van der Waals surface area contributed by atoms with Crippen molar-refractivity contribution in [1.82, 2.24) is 0 Å². The van der Waals surface area contributed by atoms with Crippen LogP contribution in [-0.4, -0.2) is 5.84 Å². The summed E-state index contributed by atoms with van der Waals surface area (Å²) in [5.41, 5.74) is 5.93. The molecule has 0 aromatic carbocycles. The van der Waals surface area contributed by atoms with Gasteiger partial charge in [-0.3, -0.25) is 0 Å². The highest BCUT2D eigenvalue weighted by molar-refractivity contribution is 5.78. The molecule has 0 aromatic rings. The molecule has 0 bridgehead atoms. The van der Waals surface area contributed by atoms with Crippen LogP contribution in [0, 0.1) is 0 Å². The molecule has 0 spiro atoms. The van der Waals surface area contributed by atoms with E-state index >= 15 is 0 Å². The molecule has 54 valence electrons. The number of allylic oxidation sites excluding steroid dienone is 1. The summed E-state index contributed by atoms with van der Waals surface area (Å²) in [5, 5.41) is 0. The normalized spacial score (nSPS) is 9.56. The number of rotatable bonds is 1. The predicted octanol–water partition coefficient (Wildman–Crippen LogP) is 1.92. The Kier molecular flexibility index (Phi) is 8.87. The number of hydrogen-bond donors (Lipinski definition) is 1. The number of hydrogen-bond acceptors (Lipinski definition) is 1. The first kappa shape index (κ1) is 11.1. The lowest BCUT2D eigenvalue weighted by molar-refractivity contribution is 1.30. The fourth-order valence-corrected chi connectivity index (χ4v) is 0.301. The highest BCUT2D eigenvalue weighted by Gasteiger charge is 1.74. The Bertz CT molecular complexity index is 99.5. The van der Waals surface area contributed by atoms with E-state index in [-0.39, 0.29) is 0 Å². The summed E-state index contributed by atoms with van der Waals surface area (Å²) in [7, 11) is 0. The van der Waals surface area contributed by atoms with Crippen LogP contribution in [0.2, 0.25) is 0 Å². The third-order valence-electron chi connectivity index (χ3n) is 0.367. The third kappa shape index (κ3) is 19.0. The predicted molar refractivity (Wildman–Crippen MR) is 43.5 cm³/mol. The molecular weight excluding hydrogens is 112 g/mol. The molecule has 0 saturated carbocycles. The van der Waals surface area contributed by atoms with E-state index in [1.54, 1.807) is 13.8 Å². The van der Waals surface area contributed by atoms with Crippen LogP contribution in [-0.2, 0) is 0 Å². The maximum Gasteiger partial charge on any atom is 0.0960 e. The maximum absolute atomic E-state index is 5.18. The fraction of sp³-hybridized carbons (Fsp3) is 0.571. The topological polar surface area (TPSA) is 38.4 Å². The Balaban J connectivity index is 0. The minimum atomic E-state index is 0.563. The van der Waals surface area contributed by atoms with Gasteiger partial charge in [0.15, 0.2) is 0 Å². The molecule has 0 rings (SSSR count). The summed E-state index contributed by atoms with van der Waals surface area (Å²) >= 11 is 0. The van der Waals surface area contributed by atoms with E-state index < -0.39 is 0 Å². The van der Waals surface area contributed by atoms with Gasteiger partial charge in [-0.15, -0.1) is 0 Å². The van der Waals surface area contributed by atoms with Gasteiger partial charge in [0.1, 0.15) is 0 Å². The van der Waals surface area contributed by atoms with Crippen molar-refractivity contribution in [2.45, 2.75) is 27.7 Å². The van der Waals surface area contributed by atoms with Crippen LogP contribution in [0.5, 0.6) is 0 Å². The zero-order valence-corrected chi connectivity index (χ0v) is 6.73. The quantitative estimate of drug-likeness (QED) is 0.425. The van der Waals surface area contributed by atoms with Crippen molar-refractivity contribution in [2.24, 2.45) is 10.7 Å². The Morgan fingerprint density at radius 3 is 1.67 bits per heavy atom. The standard InChI is InChI=1S/C5H10N2.C2H6/c1-4(2)7-5(3)6;1-2/h1H2,2-3H3,(H2,6,7);1-2H3. The number of nitrogens with zero attached hydrogens (tertiary/aromatic N) is 1. The summed E-state index contributed by atoms with van der Waals surface area (Å²) in [4.78, 5) is 3.78. The second kappa shape index (κ2) is 7.21. The highest BCUT2D eigenvalue weighted by atomic mass is 14.8. The van der Waals surface area contributed by atoms with Crippen LogP contribution in [0.1, 0.15) is 27.7 Å². The van der Waals surface area contributed by atoms with Crippen molar-refractivity contribution in [1.29, 1.82) is 0 Å². The summed E-state index contributed by atoms with van der Waals surface area (Å²) in [6.45, 7) is 11.1. The Labute approximate surface area is 57.5 Å². The Morgan fingerprint density at radius 2 is 1.67 bits per heavy atom. The van der Waals surface area contributed by atoms with Crippen LogP contribution >= 0.6 is 0 Å². The molecule has 0 saturated heterocycles. The van der Waals surface area contributed by atoms with Crippen LogP contribution in [0.25, 0.3) is 0 Å². The smallest absolute Gasteiger partial charge is 0.0960 e. The lowest BCUT2D eigenvalue weighted by Gasteiger charge is -1.86. The first-order valence-corrected chi connectivity index (χ1v) is 3.09. The molecule has 0 aliphatic heterocycles. The van der Waals surface area contributed by atoms with Crippen LogP contribution < -0.4 is 5.73 Å². The van der Waals surface area contributed by atoms with Crippen LogP contribution in [0.15, 0.2) is 17.3 Å². The second-order valence-corrected chi connectivity index (χ2v) is 1.49. The van der Waals surface area contributed by atoms with Crippen molar-refractivity contribution in [3.8, 4) is 0 Å². The minimum Gasteiger partial charge on any atom is -0.387 e. The summed E-state index contributed by atoms with van der Waals surface area (Å²) in [6, 6.07) is 0. The van der Waals surface area contributed by atoms with Crippen molar-refractivity contribution >= 4 is 5.84 Å². The lowest BCUT2D eigenvalue weighted by Crippen LogP contribution is -2.04. The van der Waals surface area contributed by atoms with Gasteiger partial charge in [-0.1, -0.05) is 20.4 Å². The molecular formula is C7H16N2. The zero-order chi connectivity index (χ0) is 7.86. The lowest BCUT2D eigenvalue weighted by atomic mass is 10.6. The van der Waals surface area contributed by atoms with Gasteiger partial charge in [0, 0.05) is 5.70 Å². The first-order chi connectivity index (χ1) is 4.13. The Morgan fingerprint density at radius 1 is 1.33 bits per heavy atom. The van der Waals surface area contributed by atoms with Gasteiger partial charge in [0.25, 0.3) is 0 Å². The maximum atomic E-state index is 5.18. The molecule has 0 aromatic heterocycles. The van der Waals surface area contributed by atoms with Crippen molar-refractivity contribution in [3.05, 3.63) is 12.3 Å². The Hall–Kier alpha value is -0.790. The molecule has 0 aliphatic rings. The van der Waals surface area contributed by atoms with Crippen molar-refractivity contribution in [3.63, 3.8) is 0 Å². The van der Waals surface area contributed by atoms with Gasteiger partial charge in [-0.05, 0) is 13.8 Å². The zero-order valence-electron chi connectivity index (χ0n) is 6.73. The fourth-order valence-electron chi connectivity index (χ4n) is 0.301. The molecule has 2 heteroatoms. The number of aliphatic imine (C=N–C) groups is 1. The molecule has 2 N–H and O–H groups in total. The van der Waals surface area contributed by atoms with Gasteiger partial charge in [-0.2, -0.15) is 0 Å².